The fourth-order valence-electron chi connectivity index (χ4n) is 2.61. The largest absolute Gasteiger partial charge is 0.424 e. The highest BCUT2D eigenvalue weighted by molar-refractivity contribution is 7.54. The summed E-state index contributed by atoms with van der Waals surface area (Å²) in [6, 6.07) is 13.1. The Hall–Kier alpha value is -2.73. The molecule has 0 spiro atoms. The average molecular weight is 326 g/mol. The van der Waals surface area contributed by atoms with E-state index in [9.17, 15) is 9.00 Å². The highest BCUT2D eigenvalue weighted by Crippen LogP contribution is 2.33. The molecule has 3 aromatic rings. The number of para-hydroxylation sites is 1. The maximum absolute atomic E-state index is 12.1. The number of aromatic nitrogens is 1. The minimum absolute atomic E-state index is 0.176. The van der Waals surface area contributed by atoms with Gasteiger partial charge < -0.3 is 4.42 Å². The number of oxazole rings is 1. The summed E-state index contributed by atoms with van der Waals surface area (Å²) in [5.74, 6) is -0.456. The van der Waals surface area contributed by atoms with Crippen molar-refractivity contribution in [3.05, 3.63) is 70.4 Å². The van der Waals surface area contributed by atoms with Crippen molar-refractivity contribution in [1.82, 2.24) is 4.57 Å². The zero-order valence-corrected chi connectivity index (χ0v) is 13.5. The maximum atomic E-state index is 12.1. The van der Waals surface area contributed by atoms with E-state index in [1.54, 1.807) is 0 Å². The molecule has 0 amide bonds. The summed E-state index contributed by atoms with van der Waals surface area (Å²) < 4.78 is 21.4. The van der Waals surface area contributed by atoms with E-state index in [-0.39, 0.29) is 11.5 Å². The van der Waals surface area contributed by atoms with E-state index in [1.165, 1.54) is 10.8 Å². The van der Waals surface area contributed by atoms with Crippen LogP contribution < -0.4 is 5.76 Å². The molecule has 2 aromatic carbocycles. The van der Waals surface area contributed by atoms with Gasteiger partial charge in [-0.05, 0) is 37.1 Å². The van der Waals surface area contributed by atoms with Crippen molar-refractivity contribution in [1.29, 1.82) is 0 Å². The Balaban J connectivity index is 2.28. The van der Waals surface area contributed by atoms with Gasteiger partial charge in [-0.3, -0.25) is 0 Å². The van der Waals surface area contributed by atoms with E-state index in [0.29, 0.717) is 11.4 Å². The predicted octanol–water partition coefficient (Wildman–Crippen LogP) is 3.74. The molecule has 23 heavy (non-hydrogen) atoms. The van der Waals surface area contributed by atoms with Crippen LogP contribution in [0, 0.1) is 13.8 Å². The Morgan fingerprint density at radius 1 is 1.09 bits per heavy atom. The van der Waals surface area contributed by atoms with Gasteiger partial charge in [0.2, 0.25) is 11.5 Å². The van der Waals surface area contributed by atoms with Crippen molar-refractivity contribution < 1.29 is 8.63 Å². The molecule has 0 radical (unpaired) electrons. The lowest BCUT2D eigenvalue weighted by molar-refractivity contribution is 0.504. The van der Waals surface area contributed by atoms with Gasteiger partial charge >= 0.3 is 5.76 Å². The maximum Gasteiger partial charge on any atom is 0.424 e. The van der Waals surface area contributed by atoms with Crippen LogP contribution >= 0.6 is 0 Å². The molecule has 0 unspecified atom stereocenters. The smallest absolute Gasteiger partial charge is 0.415 e. The van der Waals surface area contributed by atoms with E-state index in [1.807, 2.05) is 56.3 Å². The van der Waals surface area contributed by atoms with Crippen LogP contribution in [0.25, 0.3) is 16.9 Å². The first-order valence-corrected chi connectivity index (χ1v) is 7.70. The van der Waals surface area contributed by atoms with Crippen molar-refractivity contribution in [2.45, 2.75) is 13.8 Å². The minimum Gasteiger partial charge on any atom is -0.415 e. The van der Waals surface area contributed by atoms with Crippen LogP contribution in [-0.2, 0) is 11.5 Å². The molecule has 3 rings (SSSR count). The molecule has 0 aliphatic rings. The highest BCUT2D eigenvalue weighted by Gasteiger charge is 2.16. The normalized spacial score (nSPS) is 10.5. The van der Waals surface area contributed by atoms with Gasteiger partial charge in [0.1, 0.15) is 6.26 Å². The van der Waals surface area contributed by atoms with Crippen molar-refractivity contribution in [2.75, 3.05) is 0 Å². The monoisotopic (exact) mass is 326 g/mol. The molecule has 6 heteroatoms. The van der Waals surface area contributed by atoms with Gasteiger partial charge in [0.25, 0.3) is 0 Å². The second kappa shape index (κ2) is 6.18. The number of rotatable bonds is 3. The SMILES string of the molecule is Cc1ccc(-c2coc(=O)n2-c2ccccc2)c(C)c1N=S=O. The summed E-state index contributed by atoms with van der Waals surface area (Å²) in [5, 5.41) is 0. The van der Waals surface area contributed by atoms with Gasteiger partial charge in [0.05, 0.1) is 17.1 Å². The van der Waals surface area contributed by atoms with Gasteiger partial charge in [0, 0.05) is 5.56 Å². The second-order valence-corrected chi connectivity index (χ2v) is 5.46. The van der Waals surface area contributed by atoms with E-state index in [2.05, 4.69) is 4.36 Å². The first-order chi connectivity index (χ1) is 11.1. The van der Waals surface area contributed by atoms with E-state index in [0.717, 1.165) is 22.4 Å². The Bertz CT molecular complexity index is 967. The molecule has 1 heterocycles. The molecule has 0 atom stereocenters. The van der Waals surface area contributed by atoms with E-state index in [4.69, 9.17) is 4.42 Å². The summed E-state index contributed by atoms with van der Waals surface area (Å²) in [6.07, 6.45) is 1.43. The first kappa shape index (κ1) is 15.2. The van der Waals surface area contributed by atoms with E-state index < -0.39 is 5.76 Å². The molecular formula is C17H14N2O3S. The molecule has 0 aliphatic carbocycles. The molecule has 0 N–H and O–H groups in total. The van der Waals surface area contributed by atoms with Crippen molar-refractivity contribution >= 4 is 17.2 Å². The lowest BCUT2D eigenvalue weighted by Crippen LogP contribution is -2.13. The zero-order chi connectivity index (χ0) is 16.4. The van der Waals surface area contributed by atoms with E-state index >= 15 is 0 Å². The van der Waals surface area contributed by atoms with Crippen LogP contribution in [0.5, 0.6) is 0 Å². The van der Waals surface area contributed by atoms with Crippen LogP contribution in [0.3, 0.4) is 0 Å². The highest BCUT2D eigenvalue weighted by atomic mass is 32.1. The molecule has 1 aromatic heterocycles. The number of benzene rings is 2. The summed E-state index contributed by atoms with van der Waals surface area (Å²) in [4.78, 5) is 12.1. The fraction of sp³-hybridized carbons (Fsp3) is 0.118. The number of aryl methyl sites for hydroxylation is 1. The Morgan fingerprint density at radius 2 is 1.83 bits per heavy atom. The van der Waals surface area contributed by atoms with Gasteiger partial charge in [-0.15, -0.1) is 0 Å². The van der Waals surface area contributed by atoms with Crippen LogP contribution in [0.15, 0.2) is 62.3 Å². The Morgan fingerprint density at radius 3 is 2.52 bits per heavy atom. The van der Waals surface area contributed by atoms with Gasteiger partial charge in [0.15, 0.2) is 0 Å². The zero-order valence-electron chi connectivity index (χ0n) is 12.6. The van der Waals surface area contributed by atoms with Crippen LogP contribution in [-0.4, -0.2) is 8.78 Å². The second-order valence-electron chi connectivity index (χ2n) is 5.13. The molecule has 0 aliphatic heterocycles. The van der Waals surface area contributed by atoms with Crippen molar-refractivity contribution in [3.8, 4) is 16.9 Å². The Labute approximate surface area is 136 Å². The fourth-order valence-corrected chi connectivity index (χ4v) is 2.96. The lowest BCUT2D eigenvalue weighted by Gasteiger charge is -2.11. The third kappa shape index (κ3) is 2.68. The predicted molar refractivity (Wildman–Crippen MR) is 89.4 cm³/mol. The van der Waals surface area contributed by atoms with Gasteiger partial charge in [-0.2, -0.15) is 8.57 Å². The molecular weight excluding hydrogens is 312 g/mol. The quantitative estimate of drug-likeness (QED) is 0.736. The summed E-state index contributed by atoms with van der Waals surface area (Å²) in [6.45, 7) is 3.77. The minimum atomic E-state index is -0.456. The number of hydrogen-bond donors (Lipinski definition) is 0. The summed E-state index contributed by atoms with van der Waals surface area (Å²) >= 11 is 0.176. The molecule has 5 nitrogen and oxygen atoms in total. The first-order valence-electron chi connectivity index (χ1n) is 7.00. The molecule has 0 saturated carbocycles. The Kier molecular flexibility index (Phi) is 4.08. The van der Waals surface area contributed by atoms with Crippen LogP contribution in [0.4, 0.5) is 5.69 Å². The van der Waals surface area contributed by atoms with Crippen LogP contribution in [0.1, 0.15) is 11.1 Å². The third-order valence-electron chi connectivity index (χ3n) is 3.75. The number of nitrogens with zero attached hydrogens (tertiary/aromatic N) is 2. The molecule has 116 valence electrons. The lowest BCUT2D eigenvalue weighted by atomic mass is 10.0. The van der Waals surface area contributed by atoms with Gasteiger partial charge in [-0.25, -0.2) is 9.36 Å². The summed E-state index contributed by atoms with van der Waals surface area (Å²) in [5.41, 5.74) is 4.53. The van der Waals surface area contributed by atoms with Crippen LogP contribution in [0.2, 0.25) is 0 Å². The molecule has 0 fully saturated rings. The molecule has 0 saturated heterocycles. The molecule has 0 bridgehead atoms. The topological polar surface area (TPSA) is 64.6 Å². The summed E-state index contributed by atoms with van der Waals surface area (Å²) in [7, 11) is 0. The average Bonchev–Trinajstić information content (AvgIpc) is 2.94. The van der Waals surface area contributed by atoms with Crippen molar-refractivity contribution in [2.24, 2.45) is 4.36 Å². The third-order valence-corrected chi connectivity index (χ3v) is 4.00. The van der Waals surface area contributed by atoms with Crippen molar-refractivity contribution in [3.63, 3.8) is 0 Å². The number of hydrogen-bond acceptors (Lipinski definition) is 4. The standard InChI is InChI=1S/C17H14N2O3S/c1-11-8-9-14(12(2)16(11)18-23-21)15-10-22-17(20)19(15)13-6-4-3-5-7-13/h3-10H,1-2H3. The van der Waals surface area contributed by atoms with Gasteiger partial charge in [-0.1, -0.05) is 30.3 Å².